The Labute approximate surface area is 101 Å². The molecule has 1 N–H and O–H groups in total. The predicted molar refractivity (Wildman–Crippen MR) is 64.3 cm³/mol. The lowest BCUT2D eigenvalue weighted by Crippen LogP contribution is -2.28. The largest absolute Gasteiger partial charge is 0.493 e. The predicted octanol–water partition coefficient (Wildman–Crippen LogP) is 2.31. The molecular formula is C13H18FNO2. The summed E-state index contributed by atoms with van der Waals surface area (Å²) in [6.07, 6.45) is 2.21. The molecule has 1 atom stereocenters. The first kappa shape index (κ1) is 12.2. The van der Waals surface area contributed by atoms with Crippen LogP contribution in [0.25, 0.3) is 0 Å². The molecule has 4 heteroatoms. The molecule has 1 aliphatic rings. The summed E-state index contributed by atoms with van der Waals surface area (Å²) < 4.78 is 24.0. The van der Waals surface area contributed by atoms with Crippen LogP contribution in [-0.2, 0) is 0 Å². The lowest BCUT2D eigenvalue weighted by molar-refractivity contribution is 0.335. The summed E-state index contributed by atoms with van der Waals surface area (Å²) in [5.41, 5.74) is 0.979. The van der Waals surface area contributed by atoms with Gasteiger partial charge in [-0.05, 0) is 43.0 Å². The number of benzene rings is 1. The van der Waals surface area contributed by atoms with E-state index in [9.17, 15) is 4.39 Å². The SMILES string of the molecule is COc1cc(C2CCCNC2)cc(F)c1OC. The molecule has 17 heavy (non-hydrogen) atoms. The Balaban J connectivity index is 2.31. The van der Waals surface area contributed by atoms with E-state index < -0.39 is 0 Å². The van der Waals surface area contributed by atoms with Crippen LogP contribution in [-0.4, -0.2) is 27.3 Å². The van der Waals surface area contributed by atoms with E-state index in [-0.39, 0.29) is 11.6 Å². The zero-order chi connectivity index (χ0) is 12.3. The molecule has 3 nitrogen and oxygen atoms in total. The van der Waals surface area contributed by atoms with Gasteiger partial charge in [-0.2, -0.15) is 0 Å². The van der Waals surface area contributed by atoms with Gasteiger partial charge < -0.3 is 14.8 Å². The van der Waals surface area contributed by atoms with Crippen molar-refractivity contribution in [3.8, 4) is 11.5 Å². The highest BCUT2D eigenvalue weighted by Crippen LogP contribution is 2.35. The first-order valence-corrected chi connectivity index (χ1v) is 5.88. The molecule has 1 heterocycles. The Hall–Kier alpha value is -1.29. The Kier molecular flexibility index (Phi) is 3.84. The lowest BCUT2D eigenvalue weighted by atomic mass is 9.91. The van der Waals surface area contributed by atoms with E-state index >= 15 is 0 Å². The van der Waals surface area contributed by atoms with E-state index in [0.29, 0.717) is 11.7 Å². The van der Waals surface area contributed by atoms with E-state index in [2.05, 4.69) is 5.32 Å². The van der Waals surface area contributed by atoms with Gasteiger partial charge in [0, 0.05) is 6.54 Å². The molecule has 1 aromatic rings. The molecule has 0 amide bonds. The molecule has 94 valence electrons. The van der Waals surface area contributed by atoms with Crippen LogP contribution in [0, 0.1) is 5.82 Å². The van der Waals surface area contributed by atoms with Gasteiger partial charge >= 0.3 is 0 Å². The Morgan fingerprint density at radius 2 is 2.12 bits per heavy atom. The molecule has 1 saturated heterocycles. The monoisotopic (exact) mass is 239 g/mol. The van der Waals surface area contributed by atoms with Crippen molar-refractivity contribution in [1.29, 1.82) is 0 Å². The number of ether oxygens (including phenoxy) is 2. The molecule has 1 aromatic carbocycles. The number of rotatable bonds is 3. The third kappa shape index (κ3) is 2.52. The third-order valence-electron chi connectivity index (χ3n) is 3.22. The van der Waals surface area contributed by atoms with Gasteiger partial charge in [0.1, 0.15) is 0 Å². The average Bonchev–Trinajstić information content (AvgIpc) is 2.38. The van der Waals surface area contributed by atoms with Crippen LogP contribution < -0.4 is 14.8 Å². The zero-order valence-electron chi connectivity index (χ0n) is 10.3. The molecule has 0 saturated carbocycles. The van der Waals surface area contributed by atoms with E-state index in [0.717, 1.165) is 31.5 Å². The maximum absolute atomic E-state index is 13.8. The Morgan fingerprint density at radius 1 is 1.29 bits per heavy atom. The van der Waals surface area contributed by atoms with Crippen molar-refractivity contribution >= 4 is 0 Å². The minimum absolute atomic E-state index is 0.181. The van der Waals surface area contributed by atoms with Crippen molar-refractivity contribution < 1.29 is 13.9 Å². The van der Waals surface area contributed by atoms with Crippen molar-refractivity contribution in [3.63, 3.8) is 0 Å². The van der Waals surface area contributed by atoms with Crippen LogP contribution in [0.3, 0.4) is 0 Å². The number of nitrogens with one attached hydrogen (secondary N) is 1. The summed E-state index contributed by atoms with van der Waals surface area (Å²) in [7, 11) is 2.98. The molecule has 0 aliphatic carbocycles. The molecule has 0 spiro atoms. The molecule has 0 radical (unpaired) electrons. The van der Waals surface area contributed by atoms with Crippen LogP contribution >= 0.6 is 0 Å². The normalized spacial score (nSPS) is 20.1. The molecule has 2 rings (SSSR count). The fourth-order valence-corrected chi connectivity index (χ4v) is 2.31. The van der Waals surface area contributed by atoms with Crippen LogP contribution in [0.1, 0.15) is 24.3 Å². The molecular weight excluding hydrogens is 221 g/mol. The fourth-order valence-electron chi connectivity index (χ4n) is 2.31. The summed E-state index contributed by atoms with van der Waals surface area (Å²) in [5.74, 6) is 0.651. The molecule has 1 aliphatic heterocycles. The maximum atomic E-state index is 13.8. The standard InChI is InChI=1S/C13H18FNO2/c1-16-12-7-10(6-11(14)13(12)17-2)9-4-3-5-15-8-9/h6-7,9,15H,3-5,8H2,1-2H3. The summed E-state index contributed by atoms with van der Waals surface area (Å²) in [6.45, 7) is 1.95. The summed E-state index contributed by atoms with van der Waals surface area (Å²) >= 11 is 0. The van der Waals surface area contributed by atoms with E-state index in [1.165, 1.54) is 14.2 Å². The zero-order valence-corrected chi connectivity index (χ0v) is 10.3. The average molecular weight is 239 g/mol. The minimum atomic E-state index is -0.354. The number of halogens is 1. The summed E-state index contributed by atoms with van der Waals surface area (Å²) in [5, 5.41) is 3.32. The quantitative estimate of drug-likeness (QED) is 0.878. The number of piperidine rings is 1. The Morgan fingerprint density at radius 3 is 2.71 bits per heavy atom. The first-order valence-electron chi connectivity index (χ1n) is 5.88. The van der Waals surface area contributed by atoms with Gasteiger partial charge in [-0.25, -0.2) is 4.39 Å². The van der Waals surface area contributed by atoms with Crippen molar-refractivity contribution in [1.82, 2.24) is 5.32 Å². The van der Waals surface area contributed by atoms with Crippen LogP contribution in [0.4, 0.5) is 4.39 Å². The number of hydrogen-bond acceptors (Lipinski definition) is 3. The van der Waals surface area contributed by atoms with E-state index in [4.69, 9.17) is 9.47 Å². The van der Waals surface area contributed by atoms with Crippen molar-refractivity contribution in [2.45, 2.75) is 18.8 Å². The fraction of sp³-hybridized carbons (Fsp3) is 0.538. The van der Waals surface area contributed by atoms with Gasteiger partial charge in [-0.3, -0.25) is 0 Å². The summed E-state index contributed by atoms with van der Waals surface area (Å²) in [6, 6.07) is 3.43. The second kappa shape index (κ2) is 5.36. The minimum Gasteiger partial charge on any atom is -0.493 e. The van der Waals surface area contributed by atoms with Gasteiger partial charge in [0.2, 0.25) is 0 Å². The van der Waals surface area contributed by atoms with Crippen molar-refractivity contribution in [3.05, 3.63) is 23.5 Å². The Bertz CT molecular complexity index is 389. The molecule has 0 bridgehead atoms. The summed E-state index contributed by atoms with van der Waals surface area (Å²) in [4.78, 5) is 0. The topological polar surface area (TPSA) is 30.5 Å². The van der Waals surface area contributed by atoms with Gasteiger partial charge in [-0.15, -0.1) is 0 Å². The van der Waals surface area contributed by atoms with Gasteiger partial charge in [-0.1, -0.05) is 0 Å². The molecule has 0 aromatic heterocycles. The highest BCUT2D eigenvalue weighted by Gasteiger charge is 2.19. The van der Waals surface area contributed by atoms with E-state index in [1.54, 1.807) is 6.07 Å². The maximum Gasteiger partial charge on any atom is 0.196 e. The smallest absolute Gasteiger partial charge is 0.196 e. The first-order chi connectivity index (χ1) is 8.26. The number of hydrogen-bond donors (Lipinski definition) is 1. The molecule has 1 unspecified atom stereocenters. The van der Waals surface area contributed by atoms with Crippen LogP contribution in [0.15, 0.2) is 12.1 Å². The van der Waals surface area contributed by atoms with E-state index in [1.807, 2.05) is 6.07 Å². The highest BCUT2D eigenvalue weighted by molar-refractivity contribution is 5.45. The van der Waals surface area contributed by atoms with Crippen molar-refractivity contribution in [2.75, 3.05) is 27.3 Å². The second-order valence-corrected chi connectivity index (χ2v) is 4.28. The van der Waals surface area contributed by atoms with Gasteiger partial charge in [0.15, 0.2) is 17.3 Å². The van der Waals surface area contributed by atoms with Crippen molar-refractivity contribution in [2.24, 2.45) is 0 Å². The van der Waals surface area contributed by atoms with Gasteiger partial charge in [0.25, 0.3) is 0 Å². The lowest BCUT2D eigenvalue weighted by Gasteiger charge is -2.24. The highest BCUT2D eigenvalue weighted by atomic mass is 19.1. The molecule has 1 fully saturated rings. The third-order valence-corrected chi connectivity index (χ3v) is 3.22. The number of methoxy groups -OCH3 is 2. The second-order valence-electron chi connectivity index (χ2n) is 4.28. The van der Waals surface area contributed by atoms with Crippen LogP contribution in [0.2, 0.25) is 0 Å². The van der Waals surface area contributed by atoms with Crippen LogP contribution in [0.5, 0.6) is 11.5 Å². The van der Waals surface area contributed by atoms with Gasteiger partial charge in [0.05, 0.1) is 14.2 Å².